The SMILES string of the molecule is CCC(CC)(CO)CNS(=O)(=O)C1CCOCC1. The van der Waals surface area contributed by atoms with E-state index in [0.717, 1.165) is 12.8 Å². The number of ether oxygens (including phenoxy) is 1. The van der Waals surface area contributed by atoms with Gasteiger partial charge in [0.1, 0.15) is 0 Å². The van der Waals surface area contributed by atoms with E-state index in [4.69, 9.17) is 4.74 Å². The largest absolute Gasteiger partial charge is 0.396 e. The summed E-state index contributed by atoms with van der Waals surface area (Å²) in [6, 6.07) is 0. The Morgan fingerprint density at radius 3 is 2.28 bits per heavy atom. The monoisotopic (exact) mass is 279 g/mol. The molecule has 0 aliphatic carbocycles. The molecule has 0 bridgehead atoms. The highest BCUT2D eigenvalue weighted by Crippen LogP contribution is 2.25. The van der Waals surface area contributed by atoms with Gasteiger partial charge in [0.25, 0.3) is 0 Å². The van der Waals surface area contributed by atoms with Gasteiger partial charge in [-0.25, -0.2) is 13.1 Å². The van der Waals surface area contributed by atoms with E-state index in [-0.39, 0.29) is 17.3 Å². The van der Waals surface area contributed by atoms with Gasteiger partial charge in [-0.05, 0) is 25.7 Å². The van der Waals surface area contributed by atoms with Gasteiger partial charge in [0.05, 0.1) is 5.25 Å². The van der Waals surface area contributed by atoms with Crippen molar-refractivity contribution in [3.05, 3.63) is 0 Å². The van der Waals surface area contributed by atoms with Crippen LogP contribution in [-0.2, 0) is 14.8 Å². The standard InChI is InChI=1S/C12H25NO4S/c1-3-12(4-2,10-14)9-13-18(15,16)11-5-7-17-8-6-11/h11,13-14H,3-10H2,1-2H3. The first-order valence-electron chi connectivity index (χ1n) is 6.67. The van der Waals surface area contributed by atoms with E-state index in [0.29, 0.717) is 32.6 Å². The maximum atomic E-state index is 12.1. The molecule has 2 N–H and O–H groups in total. The molecule has 6 heteroatoms. The van der Waals surface area contributed by atoms with Crippen LogP contribution in [-0.4, -0.2) is 45.1 Å². The highest BCUT2D eigenvalue weighted by atomic mass is 32.2. The molecule has 1 aliphatic rings. The fourth-order valence-corrected chi connectivity index (χ4v) is 3.69. The molecule has 0 aromatic carbocycles. The van der Waals surface area contributed by atoms with E-state index in [1.807, 2.05) is 13.8 Å². The molecule has 0 radical (unpaired) electrons. The number of nitrogens with one attached hydrogen (secondary N) is 1. The molecule has 1 heterocycles. The van der Waals surface area contributed by atoms with E-state index in [1.165, 1.54) is 0 Å². The van der Waals surface area contributed by atoms with Gasteiger partial charge in [-0.1, -0.05) is 13.8 Å². The lowest BCUT2D eigenvalue weighted by atomic mass is 9.84. The van der Waals surface area contributed by atoms with Crippen LogP contribution in [0.2, 0.25) is 0 Å². The summed E-state index contributed by atoms with van der Waals surface area (Å²) in [5.41, 5.74) is -0.335. The second-order valence-corrected chi connectivity index (χ2v) is 7.09. The van der Waals surface area contributed by atoms with Crippen LogP contribution in [0.4, 0.5) is 0 Å². The van der Waals surface area contributed by atoms with Crippen molar-refractivity contribution in [1.82, 2.24) is 4.72 Å². The minimum absolute atomic E-state index is 0.0102. The molecule has 0 atom stereocenters. The van der Waals surface area contributed by atoms with Crippen LogP contribution < -0.4 is 4.72 Å². The lowest BCUT2D eigenvalue weighted by molar-refractivity contribution is 0.0973. The highest BCUT2D eigenvalue weighted by Gasteiger charge is 2.31. The molecule has 0 amide bonds. The summed E-state index contributed by atoms with van der Waals surface area (Å²) in [6.45, 7) is 5.30. The molecule has 1 saturated heterocycles. The van der Waals surface area contributed by atoms with E-state index >= 15 is 0 Å². The molecule has 0 spiro atoms. The van der Waals surface area contributed by atoms with E-state index in [2.05, 4.69) is 4.72 Å². The van der Waals surface area contributed by atoms with Gasteiger partial charge in [0.2, 0.25) is 10.0 Å². The van der Waals surface area contributed by atoms with Gasteiger partial charge in [-0.3, -0.25) is 0 Å². The van der Waals surface area contributed by atoms with Crippen molar-refractivity contribution in [3.63, 3.8) is 0 Å². The van der Waals surface area contributed by atoms with Crippen LogP contribution in [0.25, 0.3) is 0 Å². The first-order chi connectivity index (χ1) is 8.49. The van der Waals surface area contributed by atoms with Crippen LogP contribution >= 0.6 is 0 Å². The van der Waals surface area contributed by atoms with Gasteiger partial charge in [0.15, 0.2) is 0 Å². The fraction of sp³-hybridized carbons (Fsp3) is 1.00. The van der Waals surface area contributed by atoms with Gasteiger partial charge in [-0.2, -0.15) is 0 Å². The van der Waals surface area contributed by atoms with E-state index < -0.39 is 10.0 Å². The molecular formula is C12H25NO4S. The Hall–Kier alpha value is -0.170. The van der Waals surface area contributed by atoms with Crippen LogP contribution in [0, 0.1) is 5.41 Å². The molecule has 1 rings (SSSR count). The summed E-state index contributed by atoms with van der Waals surface area (Å²) < 4.78 is 32.1. The Balaban J connectivity index is 2.59. The highest BCUT2D eigenvalue weighted by molar-refractivity contribution is 7.90. The summed E-state index contributed by atoms with van der Waals surface area (Å²) in [7, 11) is -3.29. The predicted octanol–water partition coefficient (Wildman–Crippen LogP) is 0.883. The van der Waals surface area contributed by atoms with Gasteiger partial charge in [-0.15, -0.1) is 0 Å². The molecule has 1 aliphatic heterocycles. The van der Waals surface area contributed by atoms with E-state index in [9.17, 15) is 13.5 Å². The minimum atomic E-state index is -3.29. The summed E-state index contributed by atoms with van der Waals surface area (Å²) in [4.78, 5) is 0. The lowest BCUT2D eigenvalue weighted by Gasteiger charge is -2.31. The number of hydrogen-bond donors (Lipinski definition) is 2. The minimum Gasteiger partial charge on any atom is -0.396 e. The van der Waals surface area contributed by atoms with Crippen molar-refractivity contribution in [2.45, 2.75) is 44.8 Å². The Labute approximate surface area is 110 Å². The van der Waals surface area contributed by atoms with Gasteiger partial charge >= 0.3 is 0 Å². The van der Waals surface area contributed by atoms with Crippen molar-refractivity contribution in [3.8, 4) is 0 Å². The zero-order valence-corrected chi connectivity index (χ0v) is 12.1. The van der Waals surface area contributed by atoms with Crippen molar-refractivity contribution < 1.29 is 18.3 Å². The van der Waals surface area contributed by atoms with Crippen molar-refractivity contribution in [2.24, 2.45) is 5.41 Å². The summed E-state index contributed by atoms with van der Waals surface area (Å²) >= 11 is 0. The maximum Gasteiger partial charge on any atom is 0.214 e. The zero-order valence-electron chi connectivity index (χ0n) is 11.3. The number of sulfonamides is 1. The second-order valence-electron chi connectivity index (χ2n) is 5.04. The Morgan fingerprint density at radius 1 is 1.28 bits per heavy atom. The molecule has 108 valence electrons. The molecular weight excluding hydrogens is 254 g/mol. The summed E-state index contributed by atoms with van der Waals surface area (Å²) in [6.07, 6.45) is 2.63. The normalized spacial score (nSPS) is 19.1. The topological polar surface area (TPSA) is 75.6 Å². The van der Waals surface area contributed by atoms with Gasteiger partial charge < -0.3 is 9.84 Å². The number of rotatable bonds is 7. The van der Waals surface area contributed by atoms with Crippen molar-refractivity contribution in [2.75, 3.05) is 26.4 Å². The average molecular weight is 279 g/mol. The number of aliphatic hydroxyl groups is 1. The Bertz CT molecular complexity index is 324. The fourth-order valence-electron chi connectivity index (χ4n) is 2.14. The van der Waals surface area contributed by atoms with Crippen LogP contribution in [0.1, 0.15) is 39.5 Å². The molecule has 0 aromatic rings. The first-order valence-corrected chi connectivity index (χ1v) is 8.21. The predicted molar refractivity (Wildman–Crippen MR) is 70.9 cm³/mol. The number of aliphatic hydroxyl groups excluding tert-OH is 1. The molecule has 0 unspecified atom stereocenters. The van der Waals surface area contributed by atoms with E-state index in [1.54, 1.807) is 0 Å². The molecule has 5 nitrogen and oxygen atoms in total. The summed E-state index contributed by atoms with van der Waals surface area (Å²) in [5.74, 6) is 0. The molecule has 0 saturated carbocycles. The molecule has 1 fully saturated rings. The Morgan fingerprint density at radius 2 is 1.83 bits per heavy atom. The lowest BCUT2D eigenvalue weighted by Crippen LogP contribution is -2.44. The third kappa shape index (κ3) is 3.91. The van der Waals surface area contributed by atoms with Crippen molar-refractivity contribution >= 4 is 10.0 Å². The van der Waals surface area contributed by atoms with Crippen LogP contribution in [0.5, 0.6) is 0 Å². The molecule has 18 heavy (non-hydrogen) atoms. The van der Waals surface area contributed by atoms with Crippen LogP contribution in [0.15, 0.2) is 0 Å². The third-order valence-corrected chi connectivity index (χ3v) is 5.99. The van der Waals surface area contributed by atoms with Crippen molar-refractivity contribution in [1.29, 1.82) is 0 Å². The summed E-state index contributed by atoms with van der Waals surface area (Å²) in [5, 5.41) is 9.08. The van der Waals surface area contributed by atoms with Crippen LogP contribution in [0.3, 0.4) is 0 Å². The quantitative estimate of drug-likeness (QED) is 0.725. The zero-order chi connectivity index (χ0) is 13.6. The molecule has 0 aromatic heterocycles. The first kappa shape index (κ1) is 15.9. The smallest absolute Gasteiger partial charge is 0.214 e. The Kier molecular flexibility index (Phi) is 6.04. The van der Waals surface area contributed by atoms with Gasteiger partial charge in [0, 0.05) is 31.8 Å². The third-order valence-electron chi connectivity index (χ3n) is 4.09. The average Bonchev–Trinajstić information content (AvgIpc) is 2.42. The maximum absolute atomic E-state index is 12.1. The second kappa shape index (κ2) is 6.84. The number of hydrogen-bond acceptors (Lipinski definition) is 4.